The molecule has 0 radical (unpaired) electrons. The smallest absolute Gasteiger partial charge is 0.257 e. The highest BCUT2D eigenvalue weighted by molar-refractivity contribution is 5.93. The molecular weight excluding hydrogens is 487 g/mol. The minimum absolute atomic E-state index is 0.0123. The molecule has 1 atom stereocenters. The van der Waals surface area contributed by atoms with Crippen molar-refractivity contribution in [2.45, 2.75) is 37.3 Å². The van der Waals surface area contributed by atoms with Gasteiger partial charge in [0.05, 0.1) is 25.1 Å². The van der Waals surface area contributed by atoms with Crippen LogP contribution in [0, 0.1) is 5.82 Å². The van der Waals surface area contributed by atoms with E-state index in [1.54, 1.807) is 29.2 Å². The molecule has 0 spiro atoms. The van der Waals surface area contributed by atoms with Gasteiger partial charge in [-0.05, 0) is 42.7 Å². The van der Waals surface area contributed by atoms with E-state index in [4.69, 9.17) is 9.47 Å². The molecule has 1 saturated heterocycles. The number of carbonyl (C=O) groups excluding carboxylic acids is 2. The van der Waals surface area contributed by atoms with Crippen molar-refractivity contribution in [2.75, 3.05) is 33.4 Å². The van der Waals surface area contributed by atoms with Crippen LogP contribution >= 0.6 is 0 Å². The molecule has 9 heteroatoms. The highest BCUT2D eigenvalue weighted by Gasteiger charge is 2.42. The minimum Gasteiger partial charge on any atom is -0.490 e. The summed E-state index contributed by atoms with van der Waals surface area (Å²) in [7, 11) is 1.74. The molecule has 8 nitrogen and oxygen atoms in total. The van der Waals surface area contributed by atoms with Gasteiger partial charge in [0.1, 0.15) is 29.6 Å². The van der Waals surface area contributed by atoms with E-state index in [1.165, 1.54) is 24.3 Å². The maximum atomic E-state index is 13.4. The molecule has 1 unspecified atom stereocenters. The molecule has 2 heterocycles. The molecule has 1 aliphatic carbocycles. The van der Waals surface area contributed by atoms with E-state index < -0.39 is 5.60 Å². The fourth-order valence-corrected chi connectivity index (χ4v) is 4.55. The standard InChI is InChI=1S/C29H31FN4O4/c1-33(18-21-5-3-2-4-6-21)26(35)15-29(20-37-25-11-9-24(30)10-12-25)19-34(13-14-38-29)28(36)23-16-31-27(32-17-23)22-7-8-22/h2-6,9-12,16-17,22H,7-8,13-15,18-20H2,1H3. The van der Waals surface area contributed by atoms with Crippen LogP contribution in [-0.2, 0) is 16.1 Å². The van der Waals surface area contributed by atoms with Crippen LogP contribution in [0.5, 0.6) is 5.75 Å². The first-order valence-corrected chi connectivity index (χ1v) is 12.8. The van der Waals surface area contributed by atoms with Gasteiger partial charge in [-0.2, -0.15) is 0 Å². The number of ether oxygens (including phenoxy) is 2. The number of carbonyl (C=O) groups is 2. The lowest BCUT2D eigenvalue weighted by atomic mass is 9.96. The topological polar surface area (TPSA) is 84.9 Å². The van der Waals surface area contributed by atoms with Gasteiger partial charge in [-0.25, -0.2) is 14.4 Å². The molecule has 38 heavy (non-hydrogen) atoms. The van der Waals surface area contributed by atoms with Crippen LogP contribution in [0.25, 0.3) is 0 Å². The van der Waals surface area contributed by atoms with Crippen LogP contribution in [0.4, 0.5) is 4.39 Å². The van der Waals surface area contributed by atoms with Crippen LogP contribution in [0.2, 0.25) is 0 Å². The van der Waals surface area contributed by atoms with Gasteiger partial charge < -0.3 is 19.3 Å². The van der Waals surface area contributed by atoms with Crippen molar-refractivity contribution in [1.29, 1.82) is 0 Å². The third kappa shape index (κ3) is 6.34. The first-order valence-electron chi connectivity index (χ1n) is 12.8. The molecule has 0 N–H and O–H groups in total. The number of aromatic nitrogens is 2. The van der Waals surface area contributed by atoms with E-state index >= 15 is 0 Å². The number of hydrogen-bond donors (Lipinski definition) is 0. The van der Waals surface area contributed by atoms with E-state index in [0.29, 0.717) is 30.3 Å². The van der Waals surface area contributed by atoms with Gasteiger partial charge in [0, 0.05) is 38.4 Å². The average Bonchev–Trinajstić information content (AvgIpc) is 3.79. The molecule has 5 rings (SSSR count). The summed E-state index contributed by atoms with van der Waals surface area (Å²) in [5.74, 6) is 0.905. The number of hydrogen-bond acceptors (Lipinski definition) is 6. The zero-order valence-electron chi connectivity index (χ0n) is 21.4. The molecule has 2 aliphatic rings. The first kappa shape index (κ1) is 25.8. The quantitative estimate of drug-likeness (QED) is 0.428. The summed E-state index contributed by atoms with van der Waals surface area (Å²) in [4.78, 5) is 38.8. The summed E-state index contributed by atoms with van der Waals surface area (Å²) < 4.78 is 25.5. The van der Waals surface area contributed by atoms with Crippen molar-refractivity contribution in [1.82, 2.24) is 19.8 Å². The lowest BCUT2D eigenvalue weighted by molar-refractivity contribution is -0.152. The maximum Gasteiger partial charge on any atom is 0.257 e. The fourth-order valence-electron chi connectivity index (χ4n) is 4.55. The number of nitrogens with zero attached hydrogens (tertiary/aromatic N) is 4. The van der Waals surface area contributed by atoms with Crippen molar-refractivity contribution < 1.29 is 23.5 Å². The average molecular weight is 519 g/mol. The second kappa shape index (κ2) is 11.3. The Morgan fingerprint density at radius 3 is 2.50 bits per heavy atom. The van der Waals surface area contributed by atoms with Crippen LogP contribution in [0.1, 0.15) is 46.9 Å². The van der Waals surface area contributed by atoms with E-state index in [-0.39, 0.29) is 43.8 Å². The monoisotopic (exact) mass is 518 g/mol. The SMILES string of the molecule is CN(Cc1ccccc1)C(=O)CC1(COc2ccc(F)cc2)CN(C(=O)c2cnc(C3CC3)nc2)CCO1. The van der Waals surface area contributed by atoms with Gasteiger partial charge in [-0.1, -0.05) is 30.3 Å². The van der Waals surface area contributed by atoms with Crippen LogP contribution < -0.4 is 4.74 Å². The Morgan fingerprint density at radius 2 is 1.82 bits per heavy atom. The van der Waals surface area contributed by atoms with Gasteiger partial charge >= 0.3 is 0 Å². The highest BCUT2D eigenvalue weighted by Crippen LogP contribution is 2.37. The largest absolute Gasteiger partial charge is 0.490 e. The molecule has 1 aromatic heterocycles. The van der Waals surface area contributed by atoms with Crippen molar-refractivity contribution in [2.24, 2.45) is 0 Å². The Hall–Kier alpha value is -3.85. The summed E-state index contributed by atoms with van der Waals surface area (Å²) in [6, 6.07) is 15.4. The normalized spacial score (nSPS) is 19.2. The molecule has 3 aromatic rings. The summed E-state index contributed by atoms with van der Waals surface area (Å²) in [6.07, 6.45) is 5.33. The Morgan fingerprint density at radius 1 is 1.11 bits per heavy atom. The molecule has 2 fully saturated rings. The van der Waals surface area contributed by atoms with Crippen LogP contribution in [-0.4, -0.2) is 70.5 Å². The molecule has 1 aliphatic heterocycles. The van der Waals surface area contributed by atoms with Gasteiger partial charge in [-0.3, -0.25) is 9.59 Å². The number of morpholine rings is 1. The van der Waals surface area contributed by atoms with Gasteiger partial charge in [0.15, 0.2) is 0 Å². The zero-order valence-corrected chi connectivity index (χ0v) is 21.4. The fraction of sp³-hybridized carbons (Fsp3) is 0.379. The van der Waals surface area contributed by atoms with Crippen molar-refractivity contribution >= 4 is 11.8 Å². The second-order valence-electron chi connectivity index (χ2n) is 10.0. The predicted octanol–water partition coefficient (Wildman–Crippen LogP) is 3.83. The summed E-state index contributed by atoms with van der Waals surface area (Å²) in [6.45, 7) is 1.24. The Kier molecular flexibility index (Phi) is 7.64. The molecule has 2 aromatic carbocycles. The Labute approximate surface area is 221 Å². The first-order chi connectivity index (χ1) is 18.4. The molecule has 2 amide bonds. The molecule has 1 saturated carbocycles. The molecular formula is C29H31FN4O4. The summed E-state index contributed by atoms with van der Waals surface area (Å²) in [5, 5.41) is 0. The predicted molar refractivity (Wildman–Crippen MR) is 138 cm³/mol. The van der Waals surface area contributed by atoms with E-state index in [1.807, 2.05) is 30.3 Å². The second-order valence-corrected chi connectivity index (χ2v) is 10.0. The lowest BCUT2D eigenvalue weighted by Gasteiger charge is -2.42. The Bertz CT molecular complexity index is 1250. The highest BCUT2D eigenvalue weighted by atomic mass is 19.1. The third-order valence-corrected chi connectivity index (χ3v) is 6.87. The number of rotatable bonds is 9. The molecule has 0 bridgehead atoms. The third-order valence-electron chi connectivity index (χ3n) is 6.87. The summed E-state index contributed by atoms with van der Waals surface area (Å²) >= 11 is 0. The lowest BCUT2D eigenvalue weighted by Crippen LogP contribution is -2.58. The number of halogens is 1. The maximum absolute atomic E-state index is 13.4. The number of benzene rings is 2. The van der Waals surface area contributed by atoms with Crippen molar-refractivity contribution in [3.05, 3.63) is 89.8 Å². The van der Waals surface area contributed by atoms with Gasteiger partial charge in [-0.15, -0.1) is 0 Å². The van der Waals surface area contributed by atoms with Crippen LogP contribution in [0.3, 0.4) is 0 Å². The Balaban J connectivity index is 1.32. The van der Waals surface area contributed by atoms with Crippen LogP contribution in [0.15, 0.2) is 67.0 Å². The molecule has 198 valence electrons. The minimum atomic E-state index is -1.08. The van der Waals surface area contributed by atoms with Gasteiger partial charge in [0.2, 0.25) is 5.91 Å². The number of amides is 2. The van der Waals surface area contributed by atoms with Gasteiger partial charge in [0.25, 0.3) is 5.91 Å². The van der Waals surface area contributed by atoms with E-state index in [9.17, 15) is 14.0 Å². The van der Waals surface area contributed by atoms with Crippen molar-refractivity contribution in [3.8, 4) is 5.75 Å². The van der Waals surface area contributed by atoms with E-state index in [0.717, 1.165) is 24.2 Å². The van der Waals surface area contributed by atoms with Crippen molar-refractivity contribution in [3.63, 3.8) is 0 Å². The van der Waals surface area contributed by atoms with E-state index in [2.05, 4.69) is 9.97 Å². The summed E-state index contributed by atoms with van der Waals surface area (Å²) in [5.41, 5.74) is 0.326. The zero-order chi connectivity index (χ0) is 26.5.